The number of rotatable bonds is 8. The number of aromatic nitrogens is 3. The van der Waals surface area contributed by atoms with Crippen LogP contribution in [0.5, 0.6) is 5.88 Å². The van der Waals surface area contributed by atoms with Crippen LogP contribution in [0.15, 0.2) is 42.7 Å². The number of terminal acetylenes is 1. The Labute approximate surface area is 258 Å². The number of urea groups is 1. The van der Waals surface area contributed by atoms with Crippen molar-refractivity contribution in [3.63, 3.8) is 0 Å². The van der Waals surface area contributed by atoms with Crippen molar-refractivity contribution in [2.45, 2.75) is 51.1 Å². The second-order valence-electron chi connectivity index (χ2n) is 10.5. The fraction of sp³-hybridized carbons (Fsp3) is 0.400. The van der Waals surface area contributed by atoms with E-state index >= 15 is 0 Å². The van der Waals surface area contributed by atoms with Crippen LogP contribution in [0.1, 0.15) is 38.7 Å². The molecule has 14 heteroatoms. The minimum atomic E-state index is -4.53. The highest BCUT2D eigenvalue weighted by molar-refractivity contribution is 6.33. The van der Waals surface area contributed by atoms with Gasteiger partial charge in [0.05, 0.1) is 53.6 Å². The molecule has 0 spiro atoms. The summed E-state index contributed by atoms with van der Waals surface area (Å²) in [7, 11) is 0. The summed E-state index contributed by atoms with van der Waals surface area (Å²) in [4.78, 5) is 30.3. The molecule has 44 heavy (non-hydrogen) atoms. The van der Waals surface area contributed by atoms with E-state index in [1.54, 1.807) is 19.9 Å². The van der Waals surface area contributed by atoms with E-state index in [4.69, 9.17) is 21.1 Å². The number of benzene rings is 1. The van der Waals surface area contributed by atoms with E-state index in [1.807, 2.05) is 0 Å². The third kappa shape index (κ3) is 7.88. The van der Waals surface area contributed by atoms with Gasteiger partial charge in [0.15, 0.2) is 17.4 Å². The Morgan fingerprint density at radius 1 is 1.18 bits per heavy atom. The number of ether oxygens (including phenoxy) is 2. The van der Waals surface area contributed by atoms with Crippen molar-refractivity contribution in [1.82, 2.24) is 15.0 Å². The third-order valence-electron chi connectivity index (χ3n) is 6.81. The molecule has 1 unspecified atom stereocenters. The molecule has 1 saturated heterocycles. The number of alkyl halides is 3. The summed E-state index contributed by atoms with van der Waals surface area (Å²) in [5.41, 5.74) is 0.149. The number of hydrogen-bond acceptors (Lipinski definition) is 8. The molecule has 234 valence electrons. The molecule has 0 radical (unpaired) electrons. The maximum absolute atomic E-state index is 13.6. The minimum absolute atomic E-state index is 0.148. The maximum atomic E-state index is 13.6. The number of fused-ring (bicyclic) bond motifs is 4. The first kappa shape index (κ1) is 32.8. The van der Waals surface area contributed by atoms with E-state index in [-0.39, 0.29) is 34.0 Å². The highest BCUT2D eigenvalue weighted by atomic mass is 35.5. The number of carbonyl (C=O) groups is 1. The van der Waals surface area contributed by atoms with Crippen LogP contribution in [0, 0.1) is 12.8 Å². The Bertz CT molecular complexity index is 1480. The van der Waals surface area contributed by atoms with Gasteiger partial charge in [0.1, 0.15) is 0 Å². The Kier molecular flexibility index (Phi) is 10.2. The van der Waals surface area contributed by atoms with Gasteiger partial charge in [-0.3, -0.25) is 10.2 Å². The van der Waals surface area contributed by atoms with E-state index in [1.165, 1.54) is 29.4 Å². The third-order valence-corrected chi connectivity index (χ3v) is 7.09. The number of nitrogens with one attached hydrogen (secondary N) is 1. The molecule has 4 heterocycles. The average Bonchev–Trinajstić information content (AvgIpc) is 2.98. The summed E-state index contributed by atoms with van der Waals surface area (Å²) in [5.74, 6) is -0.470. The summed E-state index contributed by atoms with van der Waals surface area (Å²) < 4.78 is 50.9. The number of hydrogen-bond donors (Lipinski definition) is 2. The van der Waals surface area contributed by atoms with Crippen LogP contribution in [-0.4, -0.2) is 64.2 Å². The second-order valence-corrected chi connectivity index (χ2v) is 10.9. The molecular weight excluding hydrogens is 601 g/mol. The highest BCUT2D eigenvalue weighted by Crippen LogP contribution is 2.43. The number of amides is 2. The summed E-state index contributed by atoms with van der Waals surface area (Å²) in [6.07, 6.45) is 8.30. The number of anilines is 3. The van der Waals surface area contributed by atoms with Crippen LogP contribution in [0.3, 0.4) is 0 Å². The lowest BCUT2D eigenvalue weighted by Gasteiger charge is -2.46. The lowest BCUT2D eigenvalue weighted by molar-refractivity contribution is -0.176. The van der Waals surface area contributed by atoms with Crippen molar-refractivity contribution in [3.8, 4) is 30.0 Å². The van der Waals surface area contributed by atoms with Gasteiger partial charge < -0.3 is 19.5 Å². The first-order valence-electron chi connectivity index (χ1n) is 13.8. The Hall–Kier alpha value is -4.12. The molecule has 2 N–H and O–H groups in total. The molecule has 5 rings (SSSR count). The van der Waals surface area contributed by atoms with Crippen LogP contribution in [0.4, 0.5) is 35.3 Å². The molecule has 2 aliphatic rings. The molecule has 1 fully saturated rings. The van der Waals surface area contributed by atoms with E-state index in [2.05, 4.69) is 38.0 Å². The van der Waals surface area contributed by atoms with Crippen LogP contribution in [-0.2, 0) is 10.9 Å². The van der Waals surface area contributed by atoms with E-state index < -0.39 is 23.6 Å². The molecule has 2 bridgehead atoms. The zero-order valence-corrected chi connectivity index (χ0v) is 24.9. The quantitative estimate of drug-likeness (QED) is 0.177. The van der Waals surface area contributed by atoms with Crippen LogP contribution in [0.2, 0.25) is 5.02 Å². The van der Waals surface area contributed by atoms with Gasteiger partial charge in [-0.15, -0.1) is 12.8 Å². The van der Waals surface area contributed by atoms with Gasteiger partial charge in [-0.25, -0.2) is 19.7 Å². The highest BCUT2D eigenvalue weighted by Gasteiger charge is 2.39. The average molecular weight is 633 g/mol. The number of carbonyl (C=O) groups excluding carboxylic acids is 1. The van der Waals surface area contributed by atoms with Gasteiger partial charge in [0.2, 0.25) is 5.88 Å². The Morgan fingerprint density at radius 2 is 1.95 bits per heavy atom. The first-order chi connectivity index (χ1) is 20.9. The van der Waals surface area contributed by atoms with Crippen molar-refractivity contribution in [2.75, 3.05) is 41.4 Å². The zero-order chi connectivity index (χ0) is 32.1. The predicted octanol–water partition coefficient (Wildman–Crippen LogP) is 6.00. The van der Waals surface area contributed by atoms with Gasteiger partial charge in [-0.2, -0.15) is 13.2 Å². The van der Waals surface area contributed by atoms with Crippen molar-refractivity contribution in [2.24, 2.45) is 0 Å². The molecule has 3 aromatic rings. The van der Waals surface area contributed by atoms with Crippen molar-refractivity contribution in [1.29, 1.82) is 0 Å². The molecule has 0 saturated carbocycles. The Morgan fingerprint density at radius 3 is 2.64 bits per heavy atom. The van der Waals surface area contributed by atoms with Crippen LogP contribution < -0.4 is 19.9 Å². The van der Waals surface area contributed by atoms with Crippen molar-refractivity contribution >= 4 is 35.0 Å². The van der Waals surface area contributed by atoms with Crippen molar-refractivity contribution < 1.29 is 32.5 Å². The van der Waals surface area contributed by atoms with E-state index in [9.17, 15) is 23.1 Å². The fourth-order valence-corrected chi connectivity index (χ4v) is 5.18. The summed E-state index contributed by atoms with van der Waals surface area (Å²) >= 11 is 6.55. The topological polar surface area (TPSA) is 113 Å². The van der Waals surface area contributed by atoms with Crippen LogP contribution in [0.25, 0.3) is 11.3 Å². The smallest absolute Gasteiger partial charge is 0.416 e. The van der Waals surface area contributed by atoms with Gasteiger partial charge in [0, 0.05) is 25.1 Å². The van der Waals surface area contributed by atoms with Crippen LogP contribution >= 0.6 is 11.6 Å². The van der Waals surface area contributed by atoms with Gasteiger partial charge in [0.25, 0.3) is 0 Å². The van der Waals surface area contributed by atoms with E-state index in [0.29, 0.717) is 37.7 Å². The normalized spacial score (nSPS) is 16.0. The van der Waals surface area contributed by atoms with Gasteiger partial charge in [-0.1, -0.05) is 23.7 Å². The molecule has 2 aliphatic heterocycles. The molecule has 1 atom stereocenters. The van der Waals surface area contributed by atoms with Gasteiger partial charge in [-0.05, 0) is 44.9 Å². The fourth-order valence-electron chi connectivity index (χ4n) is 4.93. The SMILES string of the molecule is C#C.CC(C)(O)OCCCOc1cnc(NC(=O)N2c3nc(-c4cccc(C(F)(F)F)c4)c(Cl)cc3N3CCCC2C3)cn1. The Balaban J connectivity index is 0.00000216. The number of nitrogens with zero attached hydrogens (tertiary/aromatic N) is 5. The summed E-state index contributed by atoms with van der Waals surface area (Å²) in [5, 5.41) is 12.5. The largest absolute Gasteiger partial charge is 0.476 e. The number of aliphatic hydroxyl groups is 1. The molecule has 0 aliphatic carbocycles. The standard InChI is InChI=1S/C28H30ClF3N6O4.C2H2/c1-27(2,40)42-11-5-10-41-23-15-33-22(14-34-23)35-26(39)38-19-8-4-9-37(16-19)21-13-20(29)24(36-25(21)38)17-6-3-7-18(12-17)28(30,31)32;1-2/h3,6-7,12-15,19,40H,4-5,8-11,16H2,1-2H3,(H,33,35,39);1-2H. The summed E-state index contributed by atoms with van der Waals surface area (Å²) in [6, 6.07) is 5.72. The van der Waals surface area contributed by atoms with Crippen molar-refractivity contribution in [3.05, 3.63) is 53.3 Å². The maximum Gasteiger partial charge on any atom is 0.416 e. The first-order valence-corrected chi connectivity index (χ1v) is 14.1. The monoisotopic (exact) mass is 632 g/mol. The number of piperidine rings is 1. The lowest BCUT2D eigenvalue weighted by atomic mass is 9.99. The number of pyridine rings is 1. The minimum Gasteiger partial charge on any atom is -0.476 e. The second kappa shape index (κ2) is 13.7. The zero-order valence-electron chi connectivity index (χ0n) is 24.1. The lowest BCUT2D eigenvalue weighted by Crippen LogP contribution is -2.56. The molecule has 2 amide bonds. The van der Waals surface area contributed by atoms with Gasteiger partial charge >= 0.3 is 12.2 Å². The number of halogens is 4. The van der Waals surface area contributed by atoms with E-state index in [0.717, 1.165) is 31.5 Å². The molecular formula is C30H32ClF3N6O4. The molecule has 1 aromatic carbocycles. The molecule has 10 nitrogen and oxygen atoms in total. The molecule has 2 aromatic heterocycles. The predicted molar refractivity (Wildman–Crippen MR) is 161 cm³/mol. The summed E-state index contributed by atoms with van der Waals surface area (Å²) in [6.45, 7) is 4.99.